The molecule has 1 aromatic carbocycles. The predicted octanol–water partition coefficient (Wildman–Crippen LogP) is 4.78. The molecule has 0 atom stereocenters. The molecule has 0 N–H and O–H groups in total. The van der Waals surface area contributed by atoms with Gasteiger partial charge >= 0.3 is 0 Å². The standard InChI is InChI=1S/C11H14Br2O/c1-2-3-4-5-14-11-7-9(12)6-10(13)8-11/h6-8H,2-5H2,1H3. The van der Waals surface area contributed by atoms with Gasteiger partial charge in [-0.2, -0.15) is 0 Å². The van der Waals surface area contributed by atoms with E-state index >= 15 is 0 Å². The Balaban J connectivity index is 2.42. The van der Waals surface area contributed by atoms with Crippen LogP contribution in [0.2, 0.25) is 0 Å². The van der Waals surface area contributed by atoms with Crippen molar-refractivity contribution >= 4 is 31.9 Å². The SMILES string of the molecule is CCCCCOc1cc(Br)cc(Br)c1. The van der Waals surface area contributed by atoms with Gasteiger partial charge in [0.25, 0.3) is 0 Å². The van der Waals surface area contributed by atoms with Crippen molar-refractivity contribution in [3.8, 4) is 5.75 Å². The highest BCUT2D eigenvalue weighted by Crippen LogP contribution is 2.24. The van der Waals surface area contributed by atoms with Gasteiger partial charge in [0.05, 0.1) is 6.61 Å². The Hall–Kier alpha value is -0.0200. The van der Waals surface area contributed by atoms with Crippen LogP contribution in [-0.4, -0.2) is 6.61 Å². The molecule has 3 heteroatoms. The maximum absolute atomic E-state index is 5.61. The maximum Gasteiger partial charge on any atom is 0.121 e. The van der Waals surface area contributed by atoms with Gasteiger partial charge in [0, 0.05) is 8.95 Å². The van der Waals surface area contributed by atoms with Crippen LogP contribution >= 0.6 is 31.9 Å². The van der Waals surface area contributed by atoms with E-state index in [2.05, 4.69) is 38.8 Å². The van der Waals surface area contributed by atoms with E-state index in [0.717, 1.165) is 27.7 Å². The Morgan fingerprint density at radius 3 is 2.29 bits per heavy atom. The van der Waals surface area contributed by atoms with Gasteiger partial charge in [0.15, 0.2) is 0 Å². The third kappa shape index (κ3) is 4.47. The van der Waals surface area contributed by atoms with E-state index in [1.54, 1.807) is 0 Å². The van der Waals surface area contributed by atoms with Crippen LogP contribution in [-0.2, 0) is 0 Å². The fraction of sp³-hybridized carbons (Fsp3) is 0.455. The first kappa shape index (κ1) is 12.1. The lowest BCUT2D eigenvalue weighted by atomic mass is 10.3. The van der Waals surface area contributed by atoms with E-state index < -0.39 is 0 Å². The van der Waals surface area contributed by atoms with Crippen molar-refractivity contribution in [3.05, 3.63) is 27.1 Å². The van der Waals surface area contributed by atoms with Crippen LogP contribution < -0.4 is 4.74 Å². The van der Waals surface area contributed by atoms with E-state index in [1.807, 2.05) is 18.2 Å². The number of hydrogen-bond donors (Lipinski definition) is 0. The molecule has 1 aromatic rings. The van der Waals surface area contributed by atoms with Crippen molar-refractivity contribution in [1.29, 1.82) is 0 Å². The minimum absolute atomic E-state index is 0.802. The lowest BCUT2D eigenvalue weighted by molar-refractivity contribution is 0.306. The third-order valence-corrected chi connectivity index (χ3v) is 2.77. The molecule has 0 spiro atoms. The molecule has 14 heavy (non-hydrogen) atoms. The van der Waals surface area contributed by atoms with Crippen molar-refractivity contribution in [1.82, 2.24) is 0 Å². The summed E-state index contributed by atoms with van der Waals surface area (Å²) >= 11 is 6.85. The molecule has 0 amide bonds. The average Bonchev–Trinajstić information content (AvgIpc) is 2.11. The highest BCUT2D eigenvalue weighted by atomic mass is 79.9. The summed E-state index contributed by atoms with van der Waals surface area (Å²) in [7, 11) is 0. The van der Waals surface area contributed by atoms with E-state index in [9.17, 15) is 0 Å². The van der Waals surface area contributed by atoms with Gasteiger partial charge in [-0.05, 0) is 24.6 Å². The Bertz CT molecular complexity index is 266. The Kier molecular flexibility index (Phi) is 5.56. The fourth-order valence-corrected chi connectivity index (χ4v) is 2.41. The smallest absolute Gasteiger partial charge is 0.121 e. The summed E-state index contributed by atoms with van der Waals surface area (Å²) in [5.41, 5.74) is 0. The van der Waals surface area contributed by atoms with Crippen LogP contribution in [0.25, 0.3) is 0 Å². The van der Waals surface area contributed by atoms with Crippen LogP contribution in [0.4, 0.5) is 0 Å². The molecule has 0 fully saturated rings. The molecule has 78 valence electrons. The van der Waals surface area contributed by atoms with Crippen LogP contribution in [0.5, 0.6) is 5.75 Å². The van der Waals surface area contributed by atoms with Crippen molar-refractivity contribution < 1.29 is 4.74 Å². The summed E-state index contributed by atoms with van der Waals surface area (Å²) in [6.07, 6.45) is 3.58. The van der Waals surface area contributed by atoms with Gasteiger partial charge in [-0.3, -0.25) is 0 Å². The number of benzene rings is 1. The number of halogens is 2. The number of rotatable bonds is 5. The topological polar surface area (TPSA) is 9.23 Å². The second kappa shape index (κ2) is 6.46. The average molecular weight is 322 g/mol. The van der Waals surface area contributed by atoms with Crippen LogP contribution in [0.15, 0.2) is 27.1 Å². The minimum atomic E-state index is 0.802. The summed E-state index contributed by atoms with van der Waals surface area (Å²) in [4.78, 5) is 0. The third-order valence-electron chi connectivity index (χ3n) is 1.85. The molecule has 0 aromatic heterocycles. The Morgan fingerprint density at radius 1 is 1.07 bits per heavy atom. The first-order valence-corrected chi connectivity index (χ1v) is 6.40. The largest absolute Gasteiger partial charge is 0.494 e. The minimum Gasteiger partial charge on any atom is -0.494 e. The first-order valence-electron chi connectivity index (χ1n) is 4.81. The van der Waals surface area contributed by atoms with E-state index in [0.29, 0.717) is 0 Å². The summed E-state index contributed by atoms with van der Waals surface area (Å²) in [6, 6.07) is 5.96. The molecule has 0 heterocycles. The quantitative estimate of drug-likeness (QED) is 0.709. The van der Waals surface area contributed by atoms with Gasteiger partial charge in [-0.1, -0.05) is 51.6 Å². The van der Waals surface area contributed by atoms with Crippen molar-refractivity contribution in [2.75, 3.05) is 6.61 Å². The lowest BCUT2D eigenvalue weighted by Crippen LogP contribution is -1.96. The number of hydrogen-bond acceptors (Lipinski definition) is 1. The molecule has 0 aliphatic rings. The van der Waals surface area contributed by atoms with Crippen LogP contribution in [0.3, 0.4) is 0 Å². The summed E-state index contributed by atoms with van der Waals surface area (Å²) in [6.45, 7) is 2.99. The normalized spacial score (nSPS) is 10.2. The molecule has 0 aliphatic carbocycles. The Morgan fingerprint density at radius 2 is 1.71 bits per heavy atom. The molecule has 0 saturated heterocycles. The summed E-state index contributed by atoms with van der Waals surface area (Å²) in [5, 5.41) is 0. The molecular weight excluding hydrogens is 308 g/mol. The predicted molar refractivity (Wildman–Crippen MR) is 66.9 cm³/mol. The molecule has 0 bridgehead atoms. The van der Waals surface area contributed by atoms with E-state index in [4.69, 9.17) is 4.74 Å². The summed E-state index contributed by atoms with van der Waals surface area (Å²) in [5.74, 6) is 0.919. The van der Waals surface area contributed by atoms with E-state index in [-0.39, 0.29) is 0 Å². The second-order valence-electron chi connectivity index (χ2n) is 3.16. The molecule has 0 saturated carbocycles. The van der Waals surface area contributed by atoms with Gasteiger partial charge in [-0.25, -0.2) is 0 Å². The molecule has 0 radical (unpaired) electrons. The van der Waals surface area contributed by atoms with Crippen molar-refractivity contribution in [3.63, 3.8) is 0 Å². The first-order chi connectivity index (χ1) is 6.72. The number of unbranched alkanes of at least 4 members (excludes halogenated alkanes) is 2. The maximum atomic E-state index is 5.61. The Labute approximate surface area is 102 Å². The van der Waals surface area contributed by atoms with Crippen molar-refractivity contribution in [2.24, 2.45) is 0 Å². The fourth-order valence-electron chi connectivity index (χ4n) is 1.15. The highest BCUT2D eigenvalue weighted by Gasteiger charge is 1.97. The zero-order valence-electron chi connectivity index (χ0n) is 8.22. The monoisotopic (exact) mass is 320 g/mol. The lowest BCUT2D eigenvalue weighted by Gasteiger charge is -2.06. The zero-order valence-corrected chi connectivity index (χ0v) is 11.4. The van der Waals surface area contributed by atoms with Crippen molar-refractivity contribution in [2.45, 2.75) is 26.2 Å². The van der Waals surface area contributed by atoms with Gasteiger partial charge in [0.1, 0.15) is 5.75 Å². The van der Waals surface area contributed by atoms with Crippen LogP contribution in [0.1, 0.15) is 26.2 Å². The molecular formula is C11H14Br2O. The second-order valence-corrected chi connectivity index (χ2v) is 4.99. The zero-order chi connectivity index (χ0) is 10.4. The molecule has 0 aliphatic heterocycles. The molecule has 1 nitrogen and oxygen atoms in total. The van der Waals surface area contributed by atoms with Gasteiger partial charge in [0.2, 0.25) is 0 Å². The van der Waals surface area contributed by atoms with Crippen LogP contribution in [0, 0.1) is 0 Å². The van der Waals surface area contributed by atoms with Gasteiger partial charge in [-0.15, -0.1) is 0 Å². The molecule has 1 rings (SSSR count). The highest BCUT2D eigenvalue weighted by molar-refractivity contribution is 9.11. The summed E-state index contributed by atoms with van der Waals surface area (Å²) < 4.78 is 7.69. The number of ether oxygens (including phenoxy) is 1. The van der Waals surface area contributed by atoms with E-state index in [1.165, 1.54) is 12.8 Å². The molecule has 0 unspecified atom stereocenters. The van der Waals surface area contributed by atoms with Gasteiger partial charge < -0.3 is 4.74 Å².